The van der Waals surface area contributed by atoms with Gasteiger partial charge in [-0.25, -0.2) is 0 Å². The first-order chi connectivity index (χ1) is 31.1. The molecule has 1 N–H and O–H groups in total. The molecular formula is C53H62O12S. The van der Waals surface area contributed by atoms with Crippen molar-refractivity contribution in [3.05, 3.63) is 149 Å². The van der Waals surface area contributed by atoms with Crippen LogP contribution in [-0.4, -0.2) is 78.0 Å². The number of carbonyl (C=O) groups is 4. The average Bonchev–Trinajstić information content (AvgIpc) is 3.81. The standard InChI is InChI=1S/C28H28O7S.C22H24O4.C2H6O.CH4/c1-19-12-14-20(15-13-19)36(31,32)35-18-28(2,27(30)33-3)16-26(29)34-17-25-23-10-6-4-8-21(23)22-9-5-7-11-24(22)25;1-4-22(2,21(24)25-3)13-20(23)26-14-19-17-11-7-5-9-15(17)16-10-6-8-12-18(16)19;1-2-3;/h4-15,25H,16-18H2,1-3H3;5-12,19H,4,13-14H2,1-3H3;3H,2H2,1H3;1H4. The zero-order valence-electron chi connectivity index (χ0n) is 38.0. The van der Waals surface area contributed by atoms with E-state index in [0.717, 1.165) is 27.8 Å². The van der Waals surface area contributed by atoms with Gasteiger partial charge in [0, 0.05) is 18.4 Å². The van der Waals surface area contributed by atoms with Crippen molar-refractivity contribution in [2.75, 3.05) is 40.6 Å². The smallest absolute Gasteiger partial charge is 0.314 e. The number of aryl methyl sites for hydroxylation is 1. The van der Waals surface area contributed by atoms with Crippen LogP contribution < -0.4 is 0 Å². The maximum atomic E-state index is 12.9. The fourth-order valence-electron chi connectivity index (χ4n) is 7.97. The maximum absolute atomic E-state index is 12.9. The molecule has 7 rings (SSSR count). The Morgan fingerprint density at radius 1 is 0.576 bits per heavy atom. The largest absolute Gasteiger partial charge is 0.469 e. The Morgan fingerprint density at radius 3 is 1.26 bits per heavy atom. The van der Waals surface area contributed by atoms with Crippen molar-refractivity contribution in [3.63, 3.8) is 0 Å². The summed E-state index contributed by atoms with van der Waals surface area (Å²) in [5, 5.41) is 7.57. The highest BCUT2D eigenvalue weighted by Crippen LogP contribution is 2.46. The van der Waals surface area contributed by atoms with Gasteiger partial charge >= 0.3 is 23.9 Å². The van der Waals surface area contributed by atoms with Gasteiger partial charge < -0.3 is 24.1 Å². The summed E-state index contributed by atoms with van der Waals surface area (Å²) in [6, 6.07) is 38.5. The van der Waals surface area contributed by atoms with E-state index in [0.29, 0.717) is 6.42 Å². The van der Waals surface area contributed by atoms with Crippen molar-refractivity contribution >= 4 is 34.0 Å². The van der Waals surface area contributed by atoms with Gasteiger partial charge in [-0.3, -0.25) is 23.4 Å². The minimum atomic E-state index is -4.14. The normalized spacial score (nSPS) is 14.0. The van der Waals surface area contributed by atoms with Crippen molar-refractivity contribution in [1.82, 2.24) is 0 Å². The van der Waals surface area contributed by atoms with Crippen molar-refractivity contribution in [2.45, 2.75) is 78.0 Å². The fourth-order valence-corrected chi connectivity index (χ4v) is 8.99. The molecule has 0 bridgehead atoms. The van der Waals surface area contributed by atoms with Crippen LogP contribution in [0, 0.1) is 17.8 Å². The summed E-state index contributed by atoms with van der Waals surface area (Å²) in [7, 11) is -1.63. The summed E-state index contributed by atoms with van der Waals surface area (Å²) in [6.07, 6.45) is 0.134. The molecule has 66 heavy (non-hydrogen) atoms. The summed E-state index contributed by atoms with van der Waals surface area (Å²) in [6.45, 7) is 8.58. The third kappa shape index (κ3) is 12.2. The van der Waals surface area contributed by atoms with E-state index < -0.39 is 45.9 Å². The van der Waals surface area contributed by atoms with Gasteiger partial charge in [0.1, 0.15) is 18.6 Å². The summed E-state index contributed by atoms with van der Waals surface area (Å²) < 4.78 is 51.3. The maximum Gasteiger partial charge on any atom is 0.314 e. The molecule has 5 aromatic rings. The van der Waals surface area contributed by atoms with Gasteiger partial charge in [-0.2, -0.15) is 8.42 Å². The van der Waals surface area contributed by atoms with Crippen LogP contribution in [0.25, 0.3) is 22.3 Å². The molecule has 2 unspecified atom stereocenters. The molecule has 0 fully saturated rings. The van der Waals surface area contributed by atoms with Crippen molar-refractivity contribution in [3.8, 4) is 22.3 Å². The van der Waals surface area contributed by atoms with E-state index in [-0.39, 0.29) is 62.3 Å². The Labute approximate surface area is 389 Å². The molecule has 13 heteroatoms. The van der Waals surface area contributed by atoms with Crippen LogP contribution in [0.1, 0.15) is 94.0 Å². The van der Waals surface area contributed by atoms with Crippen LogP contribution in [0.2, 0.25) is 0 Å². The van der Waals surface area contributed by atoms with Crippen LogP contribution in [-0.2, 0) is 52.4 Å². The average molecular weight is 923 g/mol. The van der Waals surface area contributed by atoms with E-state index >= 15 is 0 Å². The van der Waals surface area contributed by atoms with Gasteiger partial charge in [-0.1, -0.05) is 129 Å². The van der Waals surface area contributed by atoms with Crippen LogP contribution in [0.15, 0.2) is 126 Å². The van der Waals surface area contributed by atoms with E-state index in [4.69, 9.17) is 28.2 Å². The van der Waals surface area contributed by atoms with Gasteiger partial charge in [0.05, 0.1) is 44.0 Å². The summed E-state index contributed by atoms with van der Waals surface area (Å²) >= 11 is 0. The van der Waals surface area contributed by atoms with Crippen LogP contribution >= 0.6 is 0 Å². The van der Waals surface area contributed by atoms with Gasteiger partial charge in [0.25, 0.3) is 10.1 Å². The summed E-state index contributed by atoms with van der Waals surface area (Å²) in [5.41, 5.74) is 7.54. The third-order valence-electron chi connectivity index (χ3n) is 11.8. The minimum Gasteiger partial charge on any atom is -0.469 e. The lowest BCUT2D eigenvalue weighted by Crippen LogP contribution is -2.37. The molecule has 2 atom stereocenters. The van der Waals surface area contributed by atoms with E-state index in [1.54, 1.807) is 26.0 Å². The number of aliphatic hydroxyl groups excluding tert-OH is 1. The van der Waals surface area contributed by atoms with Crippen molar-refractivity contribution in [1.29, 1.82) is 0 Å². The topological polar surface area (TPSA) is 169 Å². The molecule has 0 aromatic heterocycles. The SMILES string of the molecule is C.CCC(C)(CC(=O)OCC1c2ccccc2-c2ccccc21)C(=O)OC.CCO.COC(=O)C(C)(COS(=O)(=O)c1ccc(C)cc1)CC(=O)OCC1c2ccccc2-c2ccccc21. The monoisotopic (exact) mass is 922 g/mol. The molecule has 0 saturated heterocycles. The lowest BCUT2D eigenvalue weighted by Gasteiger charge is -2.25. The molecule has 0 radical (unpaired) electrons. The van der Waals surface area contributed by atoms with Crippen molar-refractivity contribution < 1.29 is 55.8 Å². The molecule has 5 aromatic carbocycles. The first-order valence-electron chi connectivity index (χ1n) is 21.5. The van der Waals surface area contributed by atoms with Gasteiger partial charge in [-0.15, -0.1) is 0 Å². The Bertz CT molecular complexity index is 2480. The van der Waals surface area contributed by atoms with Gasteiger partial charge in [-0.05, 0) is 90.8 Å². The summed E-state index contributed by atoms with van der Waals surface area (Å²) in [4.78, 5) is 49.7. The number of esters is 4. The highest BCUT2D eigenvalue weighted by molar-refractivity contribution is 7.86. The fraction of sp³-hybridized carbons (Fsp3) is 0.358. The highest BCUT2D eigenvalue weighted by atomic mass is 32.2. The zero-order valence-corrected chi connectivity index (χ0v) is 38.8. The second kappa shape index (κ2) is 23.3. The van der Waals surface area contributed by atoms with Crippen LogP contribution in [0.3, 0.4) is 0 Å². The Balaban J connectivity index is 0.000000280. The predicted octanol–water partition coefficient (Wildman–Crippen LogP) is 9.58. The molecule has 352 valence electrons. The van der Waals surface area contributed by atoms with E-state index in [2.05, 4.69) is 24.3 Å². The van der Waals surface area contributed by atoms with E-state index in [1.165, 1.54) is 55.5 Å². The number of ether oxygens (including phenoxy) is 4. The molecule has 12 nitrogen and oxygen atoms in total. The van der Waals surface area contributed by atoms with E-state index in [1.807, 2.05) is 86.6 Å². The Morgan fingerprint density at radius 2 is 0.909 bits per heavy atom. The number of carbonyl (C=O) groups excluding carboxylic acids is 4. The molecule has 0 spiro atoms. The van der Waals surface area contributed by atoms with Crippen molar-refractivity contribution in [2.24, 2.45) is 10.8 Å². The first-order valence-corrected chi connectivity index (χ1v) is 22.9. The molecule has 0 amide bonds. The molecule has 0 heterocycles. The second-order valence-electron chi connectivity index (χ2n) is 16.5. The Kier molecular flexibility index (Phi) is 18.6. The first kappa shape index (κ1) is 52.5. The summed E-state index contributed by atoms with van der Waals surface area (Å²) in [5.74, 6) is -2.28. The molecule has 0 aliphatic heterocycles. The number of benzene rings is 5. The van der Waals surface area contributed by atoms with Gasteiger partial charge in [0.2, 0.25) is 0 Å². The number of methoxy groups -OCH3 is 2. The lowest BCUT2D eigenvalue weighted by atomic mass is 9.84. The van der Waals surface area contributed by atoms with Crippen LogP contribution in [0.4, 0.5) is 0 Å². The second-order valence-corrected chi connectivity index (χ2v) is 18.1. The quantitative estimate of drug-likeness (QED) is 0.0601. The molecule has 2 aliphatic carbocycles. The molecule has 0 saturated carbocycles. The third-order valence-corrected chi connectivity index (χ3v) is 13.1. The number of rotatable bonds is 15. The number of hydrogen-bond acceptors (Lipinski definition) is 12. The zero-order chi connectivity index (χ0) is 47.4. The number of aliphatic hydroxyl groups is 1. The molecule has 2 aliphatic rings. The minimum absolute atomic E-state index is 0. The van der Waals surface area contributed by atoms with Crippen LogP contribution in [0.5, 0.6) is 0 Å². The highest BCUT2D eigenvalue weighted by Gasteiger charge is 2.41. The Hall–Kier alpha value is -6.15. The van der Waals surface area contributed by atoms with Gasteiger partial charge in [0.15, 0.2) is 0 Å². The lowest BCUT2D eigenvalue weighted by molar-refractivity contribution is -0.161. The molecular weight excluding hydrogens is 861 g/mol. The number of fused-ring (bicyclic) bond motifs is 6. The predicted molar refractivity (Wildman–Crippen MR) is 253 cm³/mol. The number of hydrogen-bond donors (Lipinski definition) is 1. The van der Waals surface area contributed by atoms with E-state index in [9.17, 15) is 27.6 Å².